The Hall–Kier alpha value is 0.0700. The second-order valence-corrected chi connectivity index (χ2v) is 5.92. The van der Waals surface area contributed by atoms with Crippen molar-refractivity contribution in [2.24, 2.45) is 5.73 Å². The van der Waals surface area contributed by atoms with E-state index in [2.05, 4.69) is 0 Å². The van der Waals surface area contributed by atoms with Crippen molar-refractivity contribution >= 4 is 25.0 Å². The Morgan fingerprint density at radius 3 is 2.12 bits per heavy atom. The SMILES string of the molecule is CCOP(=O)(OCC)C(C)C(N)C(=O)CCl. The van der Waals surface area contributed by atoms with Crippen molar-refractivity contribution in [2.75, 3.05) is 19.1 Å². The molecule has 16 heavy (non-hydrogen) atoms. The molecule has 0 amide bonds. The molecule has 0 spiro atoms. The monoisotopic (exact) mass is 271 g/mol. The number of nitrogens with two attached hydrogens (primary N) is 1. The number of halogens is 1. The van der Waals surface area contributed by atoms with E-state index in [1.165, 1.54) is 0 Å². The molecule has 96 valence electrons. The van der Waals surface area contributed by atoms with Gasteiger partial charge < -0.3 is 14.8 Å². The Bertz CT molecular complexity index is 264. The summed E-state index contributed by atoms with van der Waals surface area (Å²) < 4.78 is 22.5. The largest absolute Gasteiger partial charge is 0.335 e. The first-order valence-corrected chi connectivity index (χ1v) is 7.30. The van der Waals surface area contributed by atoms with Crippen molar-refractivity contribution in [1.29, 1.82) is 0 Å². The Labute approximate surface area is 101 Å². The summed E-state index contributed by atoms with van der Waals surface area (Å²) >= 11 is 5.39. The Morgan fingerprint density at radius 1 is 1.38 bits per heavy atom. The predicted octanol–water partition coefficient (Wildman–Crippen LogP) is 1.78. The lowest BCUT2D eigenvalue weighted by Gasteiger charge is -2.26. The number of carbonyl (C=O) groups is 1. The first kappa shape index (κ1) is 16.1. The molecule has 0 bridgehead atoms. The molecule has 0 aromatic rings. The van der Waals surface area contributed by atoms with Gasteiger partial charge >= 0.3 is 7.60 Å². The van der Waals surface area contributed by atoms with E-state index >= 15 is 0 Å². The van der Waals surface area contributed by atoms with Gasteiger partial charge in [-0.25, -0.2) is 0 Å². The molecule has 0 fully saturated rings. The quantitative estimate of drug-likeness (QED) is 0.538. The molecule has 0 rings (SSSR count). The van der Waals surface area contributed by atoms with Gasteiger partial charge in [0.15, 0.2) is 5.78 Å². The summed E-state index contributed by atoms with van der Waals surface area (Å²) in [6.07, 6.45) is 0. The second kappa shape index (κ2) is 7.41. The number of carbonyl (C=O) groups excluding carboxylic acids is 1. The van der Waals surface area contributed by atoms with Crippen molar-refractivity contribution < 1.29 is 18.4 Å². The van der Waals surface area contributed by atoms with Gasteiger partial charge in [0, 0.05) is 0 Å². The maximum Gasteiger partial charge on any atom is 0.335 e. The Kier molecular flexibility index (Phi) is 7.44. The van der Waals surface area contributed by atoms with Gasteiger partial charge in [0.05, 0.1) is 30.8 Å². The van der Waals surface area contributed by atoms with E-state index in [1.807, 2.05) is 0 Å². The summed E-state index contributed by atoms with van der Waals surface area (Å²) in [5.74, 6) is -0.571. The van der Waals surface area contributed by atoms with Gasteiger partial charge in [-0.2, -0.15) is 0 Å². The highest BCUT2D eigenvalue weighted by Crippen LogP contribution is 2.53. The van der Waals surface area contributed by atoms with Gasteiger partial charge in [-0.15, -0.1) is 11.6 Å². The Balaban J connectivity index is 4.79. The lowest BCUT2D eigenvalue weighted by atomic mass is 10.2. The van der Waals surface area contributed by atoms with Crippen LogP contribution in [-0.2, 0) is 18.4 Å². The highest BCUT2D eigenvalue weighted by molar-refractivity contribution is 7.54. The summed E-state index contributed by atoms with van der Waals surface area (Å²) in [5, 5.41) is 0. The molecular formula is C9H19ClNO4P. The van der Waals surface area contributed by atoms with Gasteiger partial charge in [0.1, 0.15) is 0 Å². The van der Waals surface area contributed by atoms with Crippen LogP contribution in [0.2, 0.25) is 0 Å². The third-order valence-corrected chi connectivity index (χ3v) is 4.96. The van der Waals surface area contributed by atoms with Crippen LogP contribution in [0, 0.1) is 0 Å². The van der Waals surface area contributed by atoms with E-state index in [1.54, 1.807) is 20.8 Å². The summed E-state index contributed by atoms with van der Waals surface area (Å²) in [4.78, 5) is 11.3. The normalized spacial score (nSPS) is 15.8. The molecule has 0 heterocycles. The smallest absolute Gasteiger partial charge is 0.321 e. The van der Waals surface area contributed by atoms with E-state index in [-0.39, 0.29) is 24.9 Å². The van der Waals surface area contributed by atoms with E-state index in [9.17, 15) is 9.36 Å². The van der Waals surface area contributed by atoms with E-state index < -0.39 is 19.3 Å². The Morgan fingerprint density at radius 2 is 1.81 bits per heavy atom. The number of alkyl halides is 1. The van der Waals surface area contributed by atoms with Crippen LogP contribution in [0.1, 0.15) is 20.8 Å². The number of Topliss-reactive ketones (excluding diaryl/α,β-unsaturated/α-hetero) is 1. The molecule has 7 heteroatoms. The number of rotatable bonds is 8. The fourth-order valence-electron chi connectivity index (χ4n) is 1.19. The van der Waals surface area contributed by atoms with E-state index in [0.29, 0.717) is 0 Å². The van der Waals surface area contributed by atoms with Gasteiger partial charge in [-0.05, 0) is 20.8 Å². The first-order valence-electron chi connectivity index (χ1n) is 5.16. The molecule has 0 saturated heterocycles. The zero-order valence-corrected chi connectivity index (χ0v) is 11.5. The molecule has 0 aromatic heterocycles. The fourth-order valence-corrected chi connectivity index (χ4v) is 3.19. The minimum atomic E-state index is -3.34. The van der Waals surface area contributed by atoms with Crippen LogP contribution < -0.4 is 5.73 Å². The third-order valence-electron chi connectivity index (χ3n) is 2.14. The van der Waals surface area contributed by atoms with Gasteiger partial charge in [0.2, 0.25) is 0 Å². The summed E-state index contributed by atoms with van der Waals surface area (Å²) in [5.41, 5.74) is 4.96. The van der Waals surface area contributed by atoms with E-state index in [0.717, 1.165) is 0 Å². The van der Waals surface area contributed by atoms with Crippen LogP contribution in [0.5, 0.6) is 0 Å². The van der Waals surface area contributed by atoms with E-state index in [4.69, 9.17) is 26.4 Å². The molecule has 0 aliphatic carbocycles. The van der Waals surface area contributed by atoms with Crippen molar-refractivity contribution in [3.8, 4) is 0 Å². The molecule has 0 aromatic carbocycles. The van der Waals surface area contributed by atoms with Crippen molar-refractivity contribution in [3.05, 3.63) is 0 Å². The molecule has 0 saturated carbocycles. The molecular weight excluding hydrogens is 253 g/mol. The van der Waals surface area contributed by atoms with Crippen LogP contribution in [0.3, 0.4) is 0 Å². The summed E-state index contributed by atoms with van der Waals surface area (Å²) in [6.45, 7) is 5.45. The van der Waals surface area contributed by atoms with Crippen molar-refractivity contribution in [3.63, 3.8) is 0 Å². The minimum Gasteiger partial charge on any atom is -0.321 e. The molecule has 2 unspecified atom stereocenters. The van der Waals surface area contributed by atoms with Crippen LogP contribution >= 0.6 is 19.2 Å². The standard InChI is InChI=1S/C9H19ClNO4P/c1-4-14-16(13,15-5-2)7(3)9(11)8(12)6-10/h7,9H,4-6,11H2,1-3H3. The molecule has 0 aliphatic heterocycles. The highest BCUT2D eigenvalue weighted by atomic mass is 35.5. The summed E-state index contributed by atoms with van der Waals surface area (Å²) in [7, 11) is -3.34. The van der Waals surface area contributed by atoms with Gasteiger partial charge in [-0.3, -0.25) is 9.36 Å². The number of hydrogen-bond acceptors (Lipinski definition) is 5. The second-order valence-electron chi connectivity index (χ2n) is 3.24. The lowest BCUT2D eigenvalue weighted by molar-refractivity contribution is -0.118. The highest BCUT2D eigenvalue weighted by Gasteiger charge is 2.38. The topological polar surface area (TPSA) is 78.6 Å². The molecule has 2 N–H and O–H groups in total. The van der Waals surface area contributed by atoms with Gasteiger partial charge in [-0.1, -0.05) is 0 Å². The average Bonchev–Trinajstić information content (AvgIpc) is 2.26. The van der Waals surface area contributed by atoms with Crippen LogP contribution in [0.4, 0.5) is 0 Å². The number of hydrogen-bond donors (Lipinski definition) is 1. The first-order chi connectivity index (χ1) is 7.42. The zero-order valence-electron chi connectivity index (χ0n) is 9.81. The van der Waals surface area contributed by atoms with Gasteiger partial charge in [0.25, 0.3) is 0 Å². The van der Waals surface area contributed by atoms with Crippen molar-refractivity contribution in [2.45, 2.75) is 32.5 Å². The number of ketones is 1. The summed E-state index contributed by atoms with van der Waals surface area (Å²) in [6, 6.07) is -0.929. The zero-order chi connectivity index (χ0) is 12.8. The molecule has 2 atom stereocenters. The maximum atomic E-state index is 12.3. The van der Waals surface area contributed by atoms with Crippen LogP contribution in [0.25, 0.3) is 0 Å². The molecule has 0 radical (unpaired) electrons. The third kappa shape index (κ3) is 4.15. The maximum absolute atomic E-state index is 12.3. The van der Waals surface area contributed by atoms with Crippen molar-refractivity contribution in [1.82, 2.24) is 0 Å². The minimum absolute atomic E-state index is 0.205. The van der Waals surface area contributed by atoms with Crippen LogP contribution in [-0.4, -0.2) is 36.6 Å². The van der Waals surface area contributed by atoms with Crippen LogP contribution in [0.15, 0.2) is 0 Å². The molecule has 0 aliphatic rings. The molecule has 5 nitrogen and oxygen atoms in total. The average molecular weight is 272 g/mol. The fraction of sp³-hybridized carbons (Fsp3) is 0.889. The predicted molar refractivity (Wildman–Crippen MR) is 64.0 cm³/mol. The lowest BCUT2D eigenvalue weighted by Crippen LogP contribution is -2.41.